The zero-order valence-corrected chi connectivity index (χ0v) is 17.0. The Morgan fingerprint density at radius 2 is 2.00 bits per heavy atom. The molecule has 6 nitrogen and oxygen atoms in total. The molecular weight excluding hydrogens is 378 g/mol. The van der Waals surface area contributed by atoms with Gasteiger partial charge in [0.2, 0.25) is 11.8 Å². The van der Waals surface area contributed by atoms with Crippen LogP contribution < -0.4 is 5.32 Å². The molecule has 1 N–H and O–H groups in total. The predicted molar refractivity (Wildman–Crippen MR) is 108 cm³/mol. The van der Waals surface area contributed by atoms with Crippen molar-refractivity contribution in [2.75, 3.05) is 13.1 Å². The molecule has 2 heterocycles. The summed E-state index contributed by atoms with van der Waals surface area (Å²) in [7, 11) is 0. The molecular formula is C21H26ClN3O3. The number of hydrogen-bond acceptors (Lipinski definition) is 4. The summed E-state index contributed by atoms with van der Waals surface area (Å²) in [6.07, 6.45) is 3.84. The molecule has 1 aliphatic rings. The number of aromatic nitrogens is 1. The van der Waals surface area contributed by atoms with Crippen LogP contribution in [0.5, 0.6) is 0 Å². The van der Waals surface area contributed by atoms with Gasteiger partial charge in [0, 0.05) is 43.5 Å². The quantitative estimate of drug-likeness (QED) is 0.798. The van der Waals surface area contributed by atoms with Crippen LogP contribution in [0.25, 0.3) is 11.3 Å². The fraction of sp³-hybridized carbons (Fsp3) is 0.476. The van der Waals surface area contributed by atoms with Crippen molar-refractivity contribution in [3.8, 4) is 11.3 Å². The highest BCUT2D eigenvalue weighted by molar-refractivity contribution is 6.33. The highest BCUT2D eigenvalue weighted by atomic mass is 35.5. The van der Waals surface area contributed by atoms with Crippen LogP contribution in [0.3, 0.4) is 0 Å². The minimum absolute atomic E-state index is 0.00336. The minimum atomic E-state index is -0.00336. The number of piperidine rings is 1. The summed E-state index contributed by atoms with van der Waals surface area (Å²) in [5, 5.41) is 3.55. The van der Waals surface area contributed by atoms with Gasteiger partial charge in [-0.25, -0.2) is 4.98 Å². The molecule has 0 bridgehead atoms. The number of halogens is 1. The van der Waals surface area contributed by atoms with E-state index in [2.05, 4.69) is 10.3 Å². The molecule has 28 heavy (non-hydrogen) atoms. The Morgan fingerprint density at radius 3 is 2.68 bits per heavy atom. The second-order valence-corrected chi connectivity index (χ2v) is 7.82. The van der Waals surface area contributed by atoms with Crippen LogP contribution in [-0.2, 0) is 16.0 Å². The van der Waals surface area contributed by atoms with Crippen molar-refractivity contribution in [3.05, 3.63) is 41.4 Å². The molecule has 0 atom stereocenters. The Hall–Kier alpha value is -2.34. The molecule has 2 aromatic rings. The molecule has 0 unspecified atom stereocenters. The van der Waals surface area contributed by atoms with Crippen molar-refractivity contribution in [3.63, 3.8) is 0 Å². The largest absolute Gasteiger partial charge is 0.441 e. The highest BCUT2D eigenvalue weighted by Gasteiger charge is 2.27. The van der Waals surface area contributed by atoms with Gasteiger partial charge >= 0.3 is 0 Å². The van der Waals surface area contributed by atoms with Crippen molar-refractivity contribution >= 4 is 23.4 Å². The van der Waals surface area contributed by atoms with Crippen LogP contribution in [0.4, 0.5) is 0 Å². The third-order valence-corrected chi connectivity index (χ3v) is 5.22. The molecule has 0 spiro atoms. The van der Waals surface area contributed by atoms with Crippen molar-refractivity contribution in [2.45, 2.75) is 45.6 Å². The number of rotatable bonds is 6. The number of carbonyl (C=O) groups excluding carboxylic acids is 2. The molecule has 1 fully saturated rings. The molecule has 0 aliphatic carbocycles. The Balaban J connectivity index is 1.48. The number of hydrogen-bond donors (Lipinski definition) is 1. The van der Waals surface area contributed by atoms with Gasteiger partial charge in [-0.1, -0.05) is 23.7 Å². The number of nitrogens with zero attached hydrogens (tertiary/aromatic N) is 2. The van der Waals surface area contributed by atoms with Crippen LogP contribution in [0.15, 0.2) is 34.9 Å². The first-order valence-corrected chi connectivity index (χ1v) is 10.1. The maximum Gasteiger partial charge on any atom is 0.223 e. The lowest BCUT2D eigenvalue weighted by Crippen LogP contribution is -2.44. The van der Waals surface area contributed by atoms with Gasteiger partial charge in [-0.15, -0.1) is 0 Å². The molecule has 0 saturated carbocycles. The van der Waals surface area contributed by atoms with Crippen molar-refractivity contribution in [1.29, 1.82) is 0 Å². The minimum Gasteiger partial charge on any atom is -0.441 e. The molecule has 1 aromatic carbocycles. The van der Waals surface area contributed by atoms with E-state index in [1.54, 1.807) is 12.3 Å². The van der Waals surface area contributed by atoms with Gasteiger partial charge in [-0.2, -0.15) is 0 Å². The fourth-order valence-corrected chi connectivity index (χ4v) is 3.61. The summed E-state index contributed by atoms with van der Waals surface area (Å²) in [6, 6.07) is 7.56. The second kappa shape index (κ2) is 9.24. The highest BCUT2D eigenvalue weighted by Crippen LogP contribution is 2.28. The van der Waals surface area contributed by atoms with E-state index in [-0.39, 0.29) is 23.8 Å². The monoisotopic (exact) mass is 403 g/mol. The van der Waals surface area contributed by atoms with Crippen LogP contribution in [0, 0.1) is 5.92 Å². The predicted octanol–water partition coefficient (Wildman–Crippen LogP) is 3.69. The standard InChI is InChI=1S/C21H26ClN3O3/c1-14(2)24-21(27)15-9-11-25(12-10-15)20(26)8-7-19-23-13-18(28-19)16-5-3-4-6-17(16)22/h3-6,13-15H,7-12H2,1-2H3,(H,24,27). The van der Waals surface area contributed by atoms with Gasteiger partial charge in [0.15, 0.2) is 11.7 Å². The number of amides is 2. The fourth-order valence-electron chi connectivity index (χ4n) is 3.38. The number of benzene rings is 1. The van der Waals surface area contributed by atoms with E-state index >= 15 is 0 Å². The molecule has 1 aliphatic heterocycles. The Kier molecular flexibility index (Phi) is 6.73. The summed E-state index contributed by atoms with van der Waals surface area (Å²) < 4.78 is 5.75. The number of carbonyl (C=O) groups is 2. The first-order chi connectivity index (χ1) is 13.4. The van der Waals surface area contributed by atoms with Gasteiger partial charge in [-0.3, -0.25) is 9.59 Å². The van der Waals surface area contributed by atoms with E-state index in [1.165, 1.54) is 0 Å². The molecule has 150 valence electrons. The Bertz CT molecular complexity index is 826. The number of oxazole rings is 1. The van der Waals surface area contributed by atoms with E-state index in [0.717, 1.165) is 5.56 Å². The Labute approximate surface area is 170 Å². The molecule has 2 amide bonds. The van der Waals surface area contributed by atoms with Gasteiger partial charge in [-0.05, 0) is 38.8 Å². The summed E-state index contributed by atoms with van der Waals surface area (Å²) in [5.41, 5.74) is 0.788. The lowest BCUT2D eigenvalue weighted by atomic mass is 9.95. The van der Waals surface area contributed by atoms with Gasteiger partial charge in [0.05, 0.1) is 11.2 Å². The summed E-state index contributed by atoms with van der Waals surface area (Å²) in [5.74, 6) is 1.28. The van der Waals surface area contributed by atoms with Gasteiger partial charge in [0.25, 0.3) is 0 Å². The zero-order valence-electron chi connectivity index (χ0n) is 16.3. The Morgan fingerprint density at radius 1 is 1.29 bits per heavy atom. The topological polar surface area (TPSA) is 75.4 Å². The van der Waals surface area contributed by atoms with E-state index in [0.29, 0.717) is 55.4 Å². The van der Waals surface area contributed by atoms with Gasteiger partial charge < -0.3 is 14.6 Å². The van der Waals surface area contributed by atoms with Crippen LogP contribution in [-0.4, -0.2) is 40.8 Å². The third kappa shape index (κ3) is 5.13. The number of likely N-dealkylation sites (tertiary alicyclic amines) is 1. The first kappa shape index (κ1) is 20.4. The van der Waals surface area contributed by atoms with E-state index in [9.17, 15) is 9.59 Å². The smallest absolute Gasteiger partial charge is 0.223 e. The maximum absolute atomic E-state index is 12.5. The molecule has 3 rings (SSSR count). The van der Waals surface area contributed by atoms with Crippen molar-refractivity contribution < 1.29 is 14.0 Å². The SMILES string of the molecule is CC(C)NC(=O)C1CCN(C(=O)CCc2ncc(-c3ccccc3Cl)o2)CC1. The van der Waals surface area contributed by atoms with Crippen molar-refractivity contribution in [1.82, 2.24) is 15.2 Å². The average Bonchev–Trinajstić information content (AvgIpc) is 3.15. The maximum atomic E-state index is 12.5. The summed E-state index contributed by atoms with van der Waals surface area (Å²) in [4.78, 5) is 30.7. The van der Waals surface area contributed by atoms with Gasteiger partial charge in [0.1, 0.15) is 0 Å². The molecule has 1 saturated heterocycles. The summed E-state index contributed by atoms with van der Waals surface area (Å²) >= 11 is 6.18. The average molecular weight is 404 g/mol. The van der Waals surface area contributed by atoms with Crippen LogP contribution in [0.1, 0.15) is 39.0 Å². The summed E-state index contributed by atoms with van der Waals surface area (Å²) in [6.45, 7) is 5.14. The number of aryl methyl sites for hydroxylation is 1. The van der Waals surface area contributed by atoms with E-state index in [4.69, 9.17) is 16.0 Å². The normalized spacial score (nSPS) is 15.1. The lowest BCUT2D eigenvalue weighted by molar-refractivity contribution is -0.135. The van der Waals surface area contributed by atoms with E-state index in [1.807, 2.05) is 36.9 Å². The first-order valence-electron chi connectivity index (χ1n) is 9.72. The molecule has 1 aromatic heterocycles. The molecule has 0 radical (unpaired) electrons. The third-order valence-electron chi connectivity index (χ3n) is 4.89. The van der Waals surface area contributed by atoms with Crippen LogP contribution in [0.2, 0.25) is 5.02 Å². The second-order valence-electron chi connectivity index (χ2n) is 7.42. The zero-order chi connectivity index (χ0) is 20.1. The lowest BCUT2D eigenvalue weighted by Gasteiger charge is -2.31. The number of nitrogens with one attached hydrogen (secondary N) is 1. The molecule has 7 heteroatoms. The van der Waals surface area contributed by atoms with Crippen LogP contribution >= 0.6 is 11.6 Å². The van der Waals surface area contributed by atoms with E-state index < -0.39 is 0 Å². The van der Waals surface area contributed by atoms with Crippen molar-refractivity contribution in [2.24, 2.45) is 5.92 Å².